The molecule has 1 saturated heterocycles. The third-order valence-electron chi connectivity index (χ3n) is 4.52. The number of thioether (sulfide) groups is 1. The highest BCUT2D eigenvalue weighted by Crippen LogP contribution is 2.35. The molecule has 0 spiro atoms. The molecule has 2 aromatic rings. The van der Waals surface area contributed by atoms with Crippen LogP contribution >= 0.6 is 23.4 Å². The van der Waals surface area contributed by atoms with Crippen LogP contribution in [0.3, 0.4) is 0 Å². The molecule has 142 valence electrons. The van der Waals surface area contributed by atoms with Crippen molar-refractivity contribution in [2.75, 3.05) is 28.8 Å². The van der Waals surface area contributed by atoms with Gasteiger partial charge in [-0.1, -0.05) is 47.6 Å². The van der Waals surface area contributed by atoms with E-state index in [1.54, 1.807) is 11.8 Å². The number of rotatable bonds is 5. The normalized spacial score (nSPS) is 23.1. The number of ether oxygens (including phenoxy) is 1. The average molecular weight is 423 g/mol. The summed E-state index contributed by atoms with van der Waals surface area (Å²) in [6, 6.07) is 16.8. The molecule has 1 fully saturated rings. The van der Waals surface area contributed by atoms with Gasteiger partial charge in [-0.15, -0.1) is 0 Å². The Kier molecular flexibility index (Phi) is 5.34. The van der Waals surface area contributed by atoms with E-state index in [0.717, 1.165) is 22.4 Å². The number of hydrogen-bond donors (Lipinski definition) is 0. The third kappa shape index (κ3) is 4.25. The lowest BCUT2D eigenvalue weighted by Crippen LogP contribution is -2.39. The highest BCUT2D eigenvalue weighted by Gasteiger charge is 2.47. The van der Waals surface area contributed by atoms with Gasteiger partial charge in [0.05, 0.1) is 30.2 Å². The van der Waals surface area contributed by atoms with E-state index in [4.69, 9.17) is 21.3 Å². The molecule has 2 aliphatic heterocycles. The van der Waals surface area contributed by atoms with Crippen molar-refractivity contribution in [2.45, 2.75) is 12.1 Å². The van der Waals surface area contributed by atoms with Gasteiger partial charge in [-0.05, 0) is 30.3 Å². The molecule has 8 heteroatoms. The zero-order valence-corrected chi connectivity index (χ0v) is 16.9. The van der Waals surface area contributed by atoms with E-state index in [1.807, 2.05) is 59.5 Å². The SMILES string of the molecule is O=S1(=O)C[C@@H]2N=C(SCCOc3ccccc3)N(c3cccc(Cl)c3)[C@@H]2C1. The Morgan fingerprint density at radius 3 is 2.74 bits per heavy atom. The minimum Gasteiger partial charge on any atom is -0.493 e. The van der Waals surface area contributed by atoms with Crippen molar-refractivity contribution >= 4 is 44.1 Å². The Balaban J connectivity index is 1.47. The zero-order valence-electron chi connectivity index (χ0n) is 14.5. The summed E-state index contributed by atoms with van der Waals surface area (Å²) < 4.78 is 29.9. The van der Waals surface area contributed by atoms with Gasteiger partial charge >= 0.3 is 0 Å². The molecule has 0 amide bonds. The predicted molar refractivity (Wildman–Crippen MR) is 112 cm³/mol. The molecule has 5 nitrogen and oxygen atoms in total. The summed E-state index contributed by atoms with van der Waals surface area (Å²) in [5.74, 6) is 1.79. The van der Waals surface area contributed by atoms with E-state index in [2.05, 4.69) is 0 Å². The van der Waals surface area contributed by atoms with Gasteiger partial charge in [-0.2, -0.15) is 0 Å². The smallest absolute Gasteiger partial charge is 0.164 e. The summed E-state index contributed by atoms with van der Waals surface area (Å²) in [5, 5.41) is 1.45. The van der Waals surface area contributed by atoms with Gasteiger partial charge in [0.15, 0.2) is 15.0 Å². The first-order chi connectivity index (χ1) is 13.0. The lowest BCUT2D eigenvalue weighted by atomic mass is 10.1. The molecule has 27 heavy (non-hydrogen) atoms. The van der Waals surface area contributed by atoms with Crippen molar-refractivity contribution < 1.29 is 13.2 Å². The first kappa shape index (κ1) is 18.7. The number of halogens is 1. The topological polar surface area (TPSA) is 59.0 Å². The van der Waals surface area contributed by atoms with Crippen LogP contribution in [-0.2, 0) is 9.84 Å². The number of benzene rings is 2. The number of nitrogens with zero attached hydrogens (tertiary/aromatic N) is 2. The molecule has 0 aliphatic carbocycles. The van der Waals surface area contributed by atoms with Crippen molar-refractivity contribution in [3.63, 3.8) is 0 Å². The molecule has 0 bridgehead atoms. The third-order valence-corrected chi connectivity index (χ3v) is 7.39. The lowest BCUT2D eigenvalue weighted by Gasteiger charge is -2.26. The molecule has 0 aromatic heterocycles. The summed E-state index contributed by atoms with van der Waals surface area (Å²) >= 11 is 7.73. The van der Waals surface area contributed by atoms with Crippen LogP contribution in [0.5, 0.6) is 5.75 Å². The molecule has 0 saturated carbocycles. The Labute approximate surface area is 168 Å². The monoisotopic (exact) mass is 422 g/mol. The Morgan fingerprint density at radius 2 is 1.96 bits per heavy atom. The fourth-order valence-corrected chi connectivity index (χ4v) is 6.34. The maximum atomic E-state index is 12.1. The second-order valence-corrected chi connectivity index (χ2v) is 10.1. The Morgan fingerprint density at radius 1 is 1.15 bits per heavy atom. The van der Waals surface area contributed by atoms with Gasteiger partial charge in [-0.25, -0.2) is 8.42 Å². The Hall–Kier alpha value is -1.70. The summed E-state index contributed by atoms with van der Waals surface area (Å²) in [4.78, 5) is 6.73. The van der Waals surface area contributed by atoms with Crippen LogP contribution in [-0.4, -0.2) is 49.5 Å². The number of anilines is 1. The quantitative estimate of drug-likeness (QED) is 0.690. The zero-order chi connectivity index (χ0) is 18.9. The fraction of sp³-hybridized carbons (Fsp3) is 0.316. The van der Waals surface area contributed by atoms with Crippen LogP contribution in [0.25, 0.3) is 0 Å². The van der Waals surface area contributed by atoms with Crippen LogP contribution in [0.4, 0.5) is 5.69 Å². The second-order valence-electron chi connectivity index (χ2n) is 6.48. The maximum Gasteiger partial charge on any atom is 0.164 e. The largest absolute Gasteiger partial charge is 0.493 e. The van der Waals surface area contributed by atoms with Gasteiger partial charge in [0, 0.05) is 16.5 Å². The minimum atomic E-state index is -3.06. The average Bonchev–Trinajstić information content (AvgIpc) is 3.10. The van der Waals surface area contributed by atoms with E-state index in [1.165, 1.54) is 0 Å². The highest BCUT2D eigenvalue weighted by molar-refractivity contribution is 8.14. The number of amidine groups is 1. The van der Waals surface area contributed by atoms with Gasteiger partial charge in [0.1, 0.15) is 5.75 Å². The molecule has 0 N–H and O–H groups in total. The molecule has 2 aliphatic rings. The maximum absolute atomic E-state index is 12.1. The molecule has 0 radical (unpaired) electrons. The van der Waals surface area contributed by atoms with Gasteiger partial charge in [0.2, 0.25) is 0 Å². The summed E-state index contributed by atoms with van der Waals surface area (Å²) in [5.41, 5.74) is 0.877. The van der Waals surface area contributed by atoms with E-state index < -0.39 is 9.84 Å². The molecule has 2 atom stereocenters. The lowest BCUT2D eigenvalue weighted by molar-refractivity contribution is 0.344. The predicted octanol–water partition coefficient (Wildman–Crippen LogP) is 3.49. The standard InChI is InChI=1S/C19H19ClN2O3S2/c20-14-5-4-6-15(11-14)22-18-13-27(23,24)12-17(18)21-19(22)26-10-9-25-16-7-2-1-3-8-16/h1-8,11,17-18H,9-10,12-13H2/t17-,18+/m0/s1. The number of sulfone groups is 1. The fourth-order valence-electron chi connectivity index (χ4n) is 3.37. The number of para-hydroxylation sites is 1. The van der Waals surface area contributed by atoms with Crippen LogP contribution in [0.2, 0.25) is 5.02 Å². The molecule has 2 aromatic carbocycles. The second kappa shape index (κ2) is 7.73. The first-order valence-corrected chi connectivity index (χ1v) is 11.8. The molecular weight excluding hydrogens is 404 g/mol. The van der Waals surface area contributed by atoms with Gasteiger partial charge < -0.3 is 9.64 Å². The molecule has 4 rings (SSSR count). The van der Waals surface area contributed by atoms with E-state index in [0.29, 0.717) is 11.6 Å². The van der Waals surface area contributed by atoms with Crippen molar-refractivity contribution in [3.05, 3.63) is 59.6 Å². The van der Waals surface area contributed by atoms with E-state index in [9.17, 15) is 8.42 Å². The van der Waals surface area contributed by atoms with Crippen molar-refractivity contribution in [1.29, 1.82) is 0 Å². The number of aliphatic imine (C=N–C) groups is 1. The van der Waals surface area contributed by atoms with Crippen molar-refractivity contribution in [1.82, 2.24) is 0 Å². The van der Waals surface area contributed by atoms with E-state index >= 15 is 0 Å². The van der Waals surface area contributed by atoms with Crippen LogP contribution in [0, 0.1) is 0 Å². The van der Waals surface area contributed by atoms with Crippen molar-refractivity contribution in [3.8, 4) is 5.75 Å². The minimum absolute atomic E-state index is 0.110. The van der Waals surface area contributed by atoms with Crippen LogP contribution in [0.15, 0.2) is 59.6 Å². The Bertz CT molecular complexity index is 950. The summed E-state index contributed by atoms with van der Waals surface area (Å²) in [6.45, 7) is 0.546. The summed E-state index contributed by atoms with van der Waals surface area (Å²) in [7, 11) is -3.06. The number of fused-ring (bicyclic) bond motifs is 1. The van der Waals surface area contributed by atoms with E-state index in [-0.39, 0.29) is 23.6 Å². The van der Waals surface area contributed by atoms with Crippen LogP contribution < -0.4 is 9.64 Å². The molecular formula is C19H19ClN2O3S2. The highest BCUT2D eigenvalue weighted by atomic mass is 35.5. The van der Waals surface area contributed by atoms with Gasteiger partial charge in [-0.3, -0.25) is 4.99 Å². The molecule has 0 unspecified atom stereocenters. The summed E-state index contributed by atoms with van der Waals surface area (Å²) in [6.07, 6.45) is 0. The van der Waals surface area contributed by atoms with Crippen LogP contribution in [0.1, 0.15) is 0 Å². The molecule has 2 heterocycles. The number of hydrogen-bond acceptors (Lipinski definition) is 6. The van der Waals surface area contributed by atoms with Crippen molar-refractivity contribution in [2.24, 2.45) is 4.99 Å². The van der Waals surface area contributed by atoms with Gasteiger partial charge in [0.25, 0.3) is 0 Å². The first-order valence-electron chi connectivity index (χ1n) is 8.65.